The van der Waals surface area contributed by atoms with Gasteiger partial charge < -0.3 is 0 Å². The summed E-state index contributed by atoms with van der Waals surface area (Å²) in [7, 11) is 0. The molecule has 0 radical (unpaired) electrons. The summed E-state index contributed by atoms with van der Waals surface area (Å²) < 4.78 is 13.5. The minimum absolute atomic E-state index is 0.340. The Morgan fingerprint density at radius 2 is 2.13 bits per heavy atom. The molecule has 2 nitrogen and oxygen atoms in total. The maximum absolute atomic E-state index is 13.0. The highest BCUT2D eigenvalue weighted by Gasteiger charge is 2.05. The van der Waals surface area contributed by atoms with Crippen molar-refractivity contribution >= 4 is 23.8 Å². The SMILES string of the molecule is Fc1ccc(Cl)c(-c2cn[nH]c(=S)c2)c1. The minimum atomic E-state index is -0.340. The molecule has 1 aromatic carbocycles. The molecular formula is C10H6ClFN2S. The molecule has 5 heteroatoms. The fourth-order valence-corrected chi connectivity index (χ4v) is 1.65. The second kappa shape index (κ2) is 4.08. The molecule has 0 spiro atoms. The summed E-state index contributed by atoms with van der Waals surface area (Å²) in [5, 5.41) is 6.90. The third-order valence-electron chi connectivity index (χ3n) is 1.90. The first kappa shape index (κ1) is 10.3. The van der Waals surface area contributed by atoms with Crippen molar-refractivity contribution in [1.82, 2.24) is 10.2 Å². The Morgan fingerprint density at radius 1 is 1.33 bits per heavy atom. The molecule has 1 N–H and O–H groups in total. The smallest absolute Gasteiger partial charge is 0.123 e. The van der Waals surface area contributed by atoms with E-state index in [1.54, 1.807) is 12.3 Å². The molecule has 0 saturated carbocycles. The van der Waals surface area contributed by atoms with Crippen molar-refractivity contribution in [3.63, 3.8) is 0 Å². The summed E-state index contributed by atoms with van der Waals surface area (Å²) >= 11 is 10.9. The lowest BCUT2D eigenvalue weighted by atomic mass is 10.1. The standard InChI is InChI=1S/C10H6ClFN2S/c11-9-2-1-7(12)4-8(9)6-3-10(15)14-13-5-6/h1-5H,(H,14,15). The normalized spacial score (nSPS) is 10.3. The Kier molecular flexibility index (Phi) is 2.79. The molecule has 15 heavy (non-hydrogen) atoms. The van der Waals surface area contributed by atoms with E-state index in [9.17, 15) is 4.39 Å². The predicted molar refractivity (Wildman–Crippen MR) is 59.8 cm³/mol. The molecule has 0 aliphatic carbocycles. The Morgan fingerprint density at radius 3 is 2.87 bits per heavy atom. The van der Waals surface area contributed by atoms with Crippen LogP contribution in [0.1, 0.15) is 0 Å². The van der Waals surface area contributed by atoms with Crippen LogP contribution in [0.15, 0.2) is 30.5 Å². The fraction of sp³-hybridized carbons (Fsp3) is 0. The maximum atomic E-state index is 13.0. The lowest BCUT2D eigenvalue weighted by molar-refractivity contribution is 0.628. The van der Waals surface area contributed by atoms with Gasteiger partial charge in [-0.2, -0.15) is 5.10 Å². The number of H-pyrrole nitrogens is 1. The summed E-state index contributed by atoms with van der Waals surface area (Å²) in [5.74, 6) is -0.340. The second-order valence-corrected chi connectivity index (χ2v) is 3.81. The van der Waals surface area contributed by atoms with Crippen LogP contribution in [0.4, 0.5) is 4.39 Å². The van der Waals surface area contributed by atoms with Crippen molar-refractivity contribution in [2.24, 2.45) is 0 Å². The van der Waals surface area contributed by atoms with Crippen molar-refractivity contribution in [3.05, 3.63) is 45.9 Å². The molecule has 0 aliphatic heterocycles. The zero-order chi connectivity index (χ0) is 10.8. The van der Waals surface area contributed by atoms with Crippen LogP contribution in [0, 0.1) is 10.5 Å². The number of aromatic nitrogens is 2. The highest BCUT2D eigenvalue weighted by atomic mass is 35.5. The summed E-state index contributed by atoms with van der Waals surface area (Å²) in [6.45, 7) is 0. The van der Waals surface area contributed by atoms with Gasteiger partial charge in [0.1, 0.15) is 10.5 Å². The van der Waals surface area contributed by atoms with E-state index in [-0.39, 0.29) is 5.82 Å². The molecule has 0 unspecified atom stereocenters. The molecule has 0 atom stereocenters. The van der Waals surface area contributed by atoms with E-state index in [1.165, 1.54) is 18.2 Å². The highest BCUT2D eigenvalue weighted by molar-refractivity contribution is 7.71. The van der Waals surface area contributed by atoms with Crippen LogP contribution in [0.25, 0.3) is 11.1 Å². The molecular weight excluding hydrogens is 235 g/mol. The number of hydrogen-bond donors (Lipinski definition) is 1. The van der Waals surface area contributed by atoms with Crippen molar-refractivity contribution in [2.45, 2.75) is 0 Å². The number of aromatic amines is 1. The van der Waals surface area contributed by atoms with E-state index in [1.807, 2.05) is 0 Å². The van der Waals surface area contributed by atoms with Crippen LogP contribution >= 0.6 is 23.8 Å². The summed E-state index contributed by atoms with van der Waals surface area (Å²) in [6, 6.07) is 5.85. The Bertz CT molecular complexity index is 553. The van der Waals surface area contributed by atoms with Crippen molar-refractivity contribution in [2.75, 3.05) is 0 Å². The van der Waals surface area contributed by atoms with Crippen LogP contribution in [-0.4, -0.2) is 10.2 Å². The first-order valence-corrected chi connectivity index (χ1v) is 4.95. The van der Waals surface area contributed by atoms with E-state index in [2.05, 4.69) is 10.2 Å². The van der Waals surface area contributed by atoms with E-state index < -0.39 is 0 Å². The molecule has 2 rings (SSSR count). The molecule has 1 heterocycles. The van der Waals surface area contributed by atoms with Gasteiger partial charge in [-0.3, -0.25) is 5.10 Å². The average molecular weight is 241 g/mol. The van der Waals surface area contributed by atoms with E-state index in [4.69, 9.17) is 23.8 Å². The Balaban J connectivity index is 2.63. The van der Waals surface area contributed by atoms with Crippen molar-refractivity contribution in [1.29, 1.82) is 0 Å². The summed E-state index contributed by atoms with van der Waals surface area (Å²) in [5.41, 5.74) is 1.28. The van der Waals surface area contributed by atoms with E-state index >= 15 is 0 Å². The van der Waals surface area contributed by atoms with Gasteiger partial charge in [-0.25, -0.2) is 4.39 Å². The van der Waals surface area contributed by atoms with E-state index in [0.717, 1.165) is 0 Å². The number of hydrogen-bond acceptors (Lipinski definition) is 2. The molecule has 0 bridgehead atoms. The van der Waals surface area contributed by atoms with Crippen molar-refractivity contribution < 1.29 is 4.39 Å². The van der Waals surface area contributed by atoms with Gasteiger partial charge in [0.15, 0.2) is 0 Å². The lowest BCUT2D eigenvalue weighted by Gasteiger charge is -2.03. The Hall–Kier alpha value is -1.26. The predicted octanol–water partition coefficient (Wildman–Crippen LogP) is 3.60. The average Bonchev–Trinajstić information content (AvgIpc) is 2.22. The van der Waals surface area contributed by atoms with Crippen molar-refractivity contribution in [3.8, 4) is 11.1 Å². The van der Waals surface area contributed by atoms with Gasteiger partial charge in [0.25, 0.3) is 0 Å². The van der Waals surface area contributed by atoms with Gasteiger partial charge in [-0.15, -0.1) is 0 Å². The quantitative estimate of drug-likeness (QED) is 0.772. The van der Waals surface area contributed by atoms with Gasteiger partial charge in [0.05, 0.1) is 6.20 Å². The molecule has 0 saturated heterocycles. The molecule has 0 amide bonds. The number of nitrogens with zero attached hydrogens (tertiary/aromatic N) is 1. The molecule has 2 aromatic rings. The van der Waals surface area contributed by atoms with Gasteiger partial charge in [-0.05, 0) is 24.3 Å². The number of rotatable bonds is 1. The molecule has 0 fully saturated rings. The zero-order valence-electron chi connectivity index (χ0n) is 7.50. The molecule has 76 valence electrons. The highest BCUT2D eigenvalue weighted by Crippen LogP contribution is 2.27. The monoisotopic (exact) mass is 240 g/mol. The maximum Gasteiger partial charge on any atom is 0.123 e. The van der Waals surface area contributed by atoms with Crippen LogP contribution in [-0.2, 0) is 0 Å². The van der Waals surface area contributed by atoms with Crippen LogP contribution in [0.3, 0.4) is 0 Å². The second-order valence-electron chi connectivity index (χ2n) is 2.96. The first-order chi connectivity index (χ1) is 7.16. The van der Waals surface area contributed by atoms with Crippen LogP contribution < -0.4 is 0 Å². The largest absolute Gasteiger partial charge is 0.268 e. The van der Waals surface area contributed by atoms with Gasteiger partial charge in [0, 0.05) is 16.1 Å². The third kappa shape index (κ3) is 2.22. The van der Waals surface area contributed by atoms with Crippen LogP contribution in [0.2, 0.25) is 5.02 Å². The summed E-state index contributed by atoms with van der Waals surface area (Å²) in [4.78, 5) is 0. The fourth-order valence-electron chi connectivity index (χ4n) is 1.24. The summed E-state index contributed by atoms with van der Waals surface area (Å²) in [6.07, 6.45) is 1.55. The zero-order valence-corrected chi connectivity index (χ0v) is 9.07. The van der Waals surface area contributed by atoms with Crippen LogP contribution in [0.5, 0.6) is 0 Å². The number of halogens is 2. The molecule has 0 aliphatic rings. The first-order valence-electron chi connectivity index (χ1n) is 4.17. The number of nitrogens with one attached hydrogen (secondary N) is 1. The molecule has 1 aromatic heterocycles. The Labute approximate surface area is 95.7 Å². The van der Waals surface area contributed by atoms with E-state index in [0.29, 0.717) is 20.8 Å². The topological polar surface area (TPSA) is 28.7 Å². The number of benzene rings is 1. The minimum Gasteiger partial charge on any atom is -0.268 e. The lowest BCUT2D eigenvalue weighted by Crippen LogP contribution is -1.86. The van der Waals surface area contributed by atoms with Gasteiger partial charge in [0.2, 0.25) is 0 Å². The third-order valence-corrected chi connectivity index (χ3v) is 2.44. The van der Waals surface area contributed by atoms with Gasteiger partial charge in [-0.1, -0.05) is 23.8 Å². The van der Waals surface area contributed by atoms with Gasteiger partial charge >= 0.3 is 0 Å².